The SMILES string of the molecule is CC1(C)CC(NC(=O)COc2ccc3ccccc3c2)CC(C)(C)N1. The number of ether oxygens (including phenoxy) is 1. The first-order valence-corrected chi connectivity index (χ1v) is 8.93. The Balaban J connectivity index is 1.57. The molecule has 1 saturated heterocycles. The molecule has 0 aromatic heterocycles. The van der Waals surface area contributed by atoms with Gasteiger partial charge in [0.25, 0.3) is 5.91 Å². The molecule has 2 aromatic carbocycles. The standard InChI is InChI=1S/C21H28N2O2/c1-20(2)12-17(13-21(3,4)23-20)22-19(24)14-25-18-10-9-15-7-5-6-8-16(15)11-18/h5-11,17,23H,12-14H2,1-4H3,(H,22,24). The van der Waals surface area contributed by atoms with Crippen molar-refractivity contribution in [1.29, 1.82) is 0 Å². The Bertz CT molecular complexity index is 751. The molecule has 0 unspecified atom stereocenters. The zero-order chi connectivity index (χ0) is 18.1. The molecule has 4 heteroatoms. The Kier molecular flexibility index (Phi) is 4.74. The second-order valence-corrected chi connectivity index (χ2v) is 8.36. The Morgan fingerprint density at radius 1 is 1.08 bits per heavy atom. The highest BCUT2D eigenvalue weighted by molar-refractivity contribution is 5.84. The fourth-order valence-electron chi connectivity index (χ4n) is 4.10. The molecule has 0 radical (unpaired) electrons. The number of hydrogen-bond acceptors (Lipinski definition) is 3. The lowest BCUT2D eigenvalue weighted by atomic mass is 9.79. The van der Waals surface area contributed by atoms with Crippen LogP contribution in [0.5, 0.6) is 5.75 Å². The maximum absolute atomic E-state index is 12.3. The van der Waals surface area contributed by atoms with Crippen LogP contribution in [0, 0.1) is 0 Å². The van der Waals surface area contributed by atoms with Crippen LogP contribution in [0.2, 0.25) is 0 Å². The molecule has 2 N–H and O–H groups in total. The molecule has 25 heavy (non-hydrogen) atoms. The van der Waals surface area contributed by atoms with Crippen molar-refractivity contribution < 1.29 is 9.53 Å². The lowest BCUT2D eigenvalue weighted by molar-refractivity contribution is -0.124. The quantitative estimate of drug-likeness (QED) is 0.893. The first-order valence-electron chi connectivity index (χ1n) is 8.93. The maximum atomic E-state index is 12.3. The highest BCUT2D eigenvalue weighted by Crippen LogP contribution is 2.28. The third-order valence-corrected chi connectivity index (χ3v) is 4.65. The normalized spacial score (nSPS) is 19.5. The van der Waals surface area contributed by atoms with Gasteiger partial charge in [0.2, 0.25) is 0 Å². The van der Waals surface area contributed by atoms with Gasteiger partial charge in [0.1, 0.15) is 5.75 Å². The maximum Gasteiger partial charge on any atom is 0.258 e. The van der Waals surface area contributed by atoms with E-state index in [1.54, 1.807) is 0 Å². The summed E-state index contributed by atoms with van der Waals surface area (Å²) in [5.74, 6) is 0.659. The molecule has 2 aromatic rings. The smallest absolute Gasteiger partial charge is 0.258 e. The molecule has 1 fully saturated rings. The van der Waals surface area contributed by atoms with Crippen LogP contribution in [0.4, 0.5) is 0 Å². The fraction of sp³-hybridized carbons (Fsp3) is 0.476. The van der Waals surface area contributed by atoms with E-state index in [0.29, 0.717) is 0 Å². The summed E-state index contributed by atoms with van der Waals surface area (Å²) in [7, 11) is 0. The largest absolute Gasteiger partial charge is 0.484 e. The highest BCUT2D eigenvalue weighted by atomic mass is 16.5. The van der Waals surface area contributed by atoms with E-state index in [1.807, 2.05) is 36.4 Å². The van der Waals surface area contributed by atoms with Crippen molar-refractivity contribution >= 4 is 16.7 Å². The van der Waals surface area contributed by atoms with Crippen molar-refractivity contribution in [2.75, 3.05) is 6.61 Å². The van der Waals surface area contributed by atoms with Crippen LogP contribution in [-0.2, 0) is 4.79 Å². The first kappa shape index (κ1) is 17.7. The predicted octanol–water partition coefficient (Wildman–Crippen LogP) is 3.64. The van der Waals surface area contributed by atoms with Crippen molar-refractivity contribution in [1.82, 2.24) is 10.6 Å². The molecule has 3 rings (SSSR count). The van der Waals surface area contributed by atoms with Crippen molar-refractivity contribution in [2.24, 2.45) is 0 Å². The molecular formula is C21H28N2O2. The van der Waals surface area contributed by atoms with Gasteiger partial charge in [-0.2, -0.15) is 0 Å². The number of nitrogens with one attached hydrogen (secondary N) is 2. The van der Waals surface area contributed by atoms with Crippen LogP contribution in [-0.4, -0.2) is 29.6 Å². The first-order chi connectivity index (χ1) is 11.7. The van der Waals surface area contributed by atoms with E-state index in [9.17, 15) is 4.79 Å². The van der Waals surface area contributed by atoms with E-state index in [0.717, 1.165) is 24.0 Å². The van der Waals surface area contributed by atoms with Gasteiger partial charge in [-0.05, 0) is 63.4 Å². The summed E-state index contributed by atoms with van der Waals surface area (Å²) in [4.78, 5) is 12.3. The number of fused-ring (bicyclic) bond motifs is 1. The minimum Gasteiger partial charge on any atom is -0.484 e. The average Bonchev–Trinajstić information content (AvgIpc) is 2.49. The number of hydrogen-bond donors (Lipinski definition) is 2. The van der Waals surface area contributed by atoms with E-state index in [2.05, 4.69) is 44.4 Å². The van der Waals surface area contributed by atoms with E-state index in [-0.39, 0.29) is 29.6 Å². The van der Waals surface area contributed by atoms with Crippen molar-refractivity contribution in [2.45, 2.75) is 57.7 Å². The van der Waals surface area contributed by atoms with Crippen molar-refractivity contribution in [3.63, 3.8) is 0 Å². The zero-order valence-corrected chi connectivity index (χ0v) is 15.6. The summed E-state index contributed by atoms with van der Waals surface area (Å²) in [6.45, 7) is 8.76. The van der Waals surface area contributed by atoms with E-state index < -0.39 is 0 Å². The van der Waals surface area contributed by atoms with Crippen molar-refractivity contribution in [3.8, 4) is 5.75 Å². The predicted molar refractivity (Wildman–Crippen MR) is 102 cm³/mol. The second kappa shape index (κ2) is 6.68. The number of benzene rings is 2. The number of amides is 1. The molecule has 0 bridgehead atoms. The number of rotatable bonds is 4. The number of piperidine rings is 1. The van der Waals surface area contributed by atoms with Gasteiger partial charge in [-0.25, -0.2) is 0 Å². The second-order valence-electron chi connectivity index (χ2n) is 8.36. The molecular weight excluding hydrogens is 312 g/mol. The van der Waals surface area contributed by atoms with Gasteiger partial charge in [-0.1, -0.05) is 30.3 Å². The van der Waals surface area contributed by atoms with Gasteiger partial charge in [-0.3, -0.25) is 4.79 Å². The van der Waals surface area contributed by atoms with Gasteiger partial charge >= 0.3 is 0 Å². The summed E-state index contributed by atoms with van der Waals surface area (Å²) in [5, 5.41) is 9.04. The Hall–Kier alpha value is -2.07. The topological polar surface area (TPSA) is 50.4 Å². The molecule has 1 aliphatic rings. The van der Waals surface area contributed by atoms with Crippen LogP contribution >= 0.6 is 0 Å². The van der Waals surface area contributed by atoms with Gasteiger partial charge in [0, 0.05) is 17.1 Å². The van der Waals surface area contributed by atoms with E-state index in [1.165, 1.54) is 5.39 Å². The van der Waals surface area contributed by atoms with Gasteiger partial charge in [0.05, 0.1) is 0 Å². The molecule has 0 saturated carbocycles. The molecule has 4 nitrogen and oxygen atoms in total. The molecule has 1 aliphatic heterocycles. The minimum absolute atomic E-state index is 0.0128. The Morgan fingerprint density at radius 2 is 1.72 bits per heavy atom. The molecule has 1 heterocycles. The summed E-state index contributed by atoms with van der Waals surface area (Å²) in [6.07, 6.45) is 1.83. The Labute approximate surface area is 149 Å². The Morgan fingerprint density at radius 3 is 2.40 bits per heavy atom. The monoisotopic (exact) mass is 340 g/mol. The third kappa shape index (κ3) is 4.73. The van der Waals surface area contributed by atoms with Gasteiger partial charge in [-0.15, -0.1) is 0 Å². The van der Waals surface area contributed by atoms with Crippen LogP contribution in [0.1, 0.15) is 40.5 Å². The summed E-state index contributed by atoms with van der Waals surface area (Å²) >= 11 is 0. The summed E-state index contributed by atoms with van der Waals surface area (Å²) in [5.41, 5.74) is 0.0256. The van der Waals surface area contributed by atoms with E-state index in [4.69, 9.17) is 4.74 Å². The molecule has 0 spiro atoms. The van der Waals surface area contributed by atoms with Crippen LogP contribution in [0.15, 0.2) is 42.5 Å². The minimum atomic E-state index is -0.0633. The van der Waals surface area contributed by atoms with Gasteiger partial charge < -0.3 is 15.4 Å². The summed E-state index contributed by atoms with van der Waals surface area (Å²) in [6, 6.07) is 14.2. The lowest BCUT2D eigenvalue weighted by Gasteiger charge is -2.46. The molecule has 0 atom stereocenters. The highest BCUT2D eigenvalue weighted by Gasteiger charge is 2.38. The summed E-state index contributed by atoms with van der Waals surface area (Å²) < 4.78 is 5.69. The lowest BCUT2D eigenvalue weighted by Crippen LogP contribution is -2.62. The van der Waals surface area contributed by atoms with Gasteiger partial charge in [0.15, 0.2) is 6.61 Å². The van der Waals surface area contributed by atoms with Crippen LogP contribution in [0.25, 0.3) is 10.8 Å². The van der Waals surface area contributed by atoms with E-state index >= 15 is 0 Å². The molecule has 0 aliphatic carbocycles. The average molecular weight is 340 g/mol. The zero-order valence-electron chi connectivity index (χ0n) is 15.6. The molecule has 1 amide bonds. The van der Waals surface area contributed by atoms with Crippen LogP contribution in [0.3, 0.4) is 0 Å². The van der Waals surface area contributed by atoms with Crippen molar-refractivity contribution in [3.05, 3.63) is 42.5 Å². The fourth-order valence-corrected chi connectivity index (χ4v) is 4.10. The molecule has 134 valence electrons. The number of carbonyl (C=O) groups is 1. The van der Waals surface area contributed by atoms with Crippen LogP contribution < -0.4 is 15.4 Å². The third-order valence-electron chi connectivity index (χ3n) is 4.65. The number of carbonyl (C=O) groups excluding carboxylic acids is 1.